The van der Waals surface area contributed by atoms with E-state index in [0.29, 0.717) is 33.0 Å². The molecule has 0 aliphatic heterocycles. The van der Waals surface area contributed by atoms with Gasteiger partial charge < -0.3 is 33.2 Å². The Kier molecular flexibility index (Phi) is 13.9. The van der Waals surface area contributed by atoms with Gasteiger partial charge in [-0.3, -0.25) is 0 Å². The van der Waals surface area contributed by atoms with Crippen LogP contribution in [0.5, 0.6) is 5.75 Å². The van der Waals surface area contributed by atoms with Crippen molar-refractivity contribution < 1.29 is 33.2 Å². The lowest BCUT2D eigenvalue weighted by molar-refractivity contribution is -0.283. The second kappa shape index (κ2) is 18.3. The van der Waals surface area contributed by atoms with E-state index in [-0.39, 0.29) is 6.61 Å². The number of hydrogen-bond donors (Lipinski definition) is 0. The molecule has 1 aliphatic carbocycles. The number of ether oxygens (including phenoxy) is 7. The van der Waals surface area contributed by atoms with Gasteiger partial charge in [0.1, 0.15) is 42.4 Å². The normalized spacial score (nSPS) is 23.1. The molecule has 6 atom stereocenters. The van der Waals surface area contributed by atoms with Gasteiger partial charge in [0.2, 0.25) is 0 Å². The number of benzene rings is 3. The van der Waals surface area contributed by atoms with Crippen molar-refractivity contribution in [2.24, 2.45) is 0 Å². The zero-order valence-corrected chi connectivity index (χ0v) is 25.5. The van der Waals surface area contributed by atoms with E-state index in [1.807, 2.05) is 84.9 Å². The summed E-state index contributed by atoms with van der Waals surface area (Å²) in [6.45, 7) is 13.5. The second-order valence-electron chi connectivity index (χ2n) is 10.4. The molecule has 0 spiro atoms. The fraction of sp³-hybridized carbons (Fsp3) is 0.351. The monoisotopic (exact) mass is 600 g/mol. The Balaban J connectivity index is 1.72. The largest absolute Gasteiger partial charge is 0.497 e. The van der Waals surface area contributed by atoms with E-state index in [1.54, 1.807) is 25.3 Å². The molecule has 0 heterocycles. The van der Waals surface area contributed by atoms with E-state index in [1.165, 1.54) is 0 Å². The van der Waals surface area contributed by atoms with Crippen molar-refractivity contribution in [3.63, 3.8) is 0 Å². The number of methoxy groups -OCH3 is 1. The Morgan fingerprint density at radius 3 is 1.09 bits per heavy atom. The van der Waals surface area contributed by atoms with Gasteiger partial charge >= 0.3 is 0 Å². The molecule has 3 aromatic carbocycles. The lowest BCUT2D eigenvalue weighted by Gasteiger charge is -2.49. The minimum atomic E-state index is -0.582. The molecule has 7 heteroatoms. The third-order valence-electron chi connectivity index (χ3n) is 7.33. The molecule has 0 bridgehead atoms. The summed E-state index contributed by atoms with van der Waals surface area (Å²) < 4.78 is 44.7. The van der Waals surface area contributed by atoms with Crippen LogP contribution in [0.1, 0.15) is 16.7 Å². The highest BCUT2D eigenvalue weighted by atomic mass is 16.6. The first-order valence-electron chi connectivity index (χ1n) is 14.9. The van der Waals surface area contributed by atoms with Gasteiger partial charge in [0.25, 0.3) is 0 Å². The van der Waals surface area contributed by atoms with E-state index in [0.717, 1.165) is 22.4 Å². The van der Waals surface area contributed by atoms with Gasteiger partial charge in [0, 0.05) is 0 Å². The Morgan fingerprint density at radius 2 is 0.773 bits per heavy atom. The molecule has 0 aromatic heterocycles. The van der Waals surface area contributed by atoms with Crippen molar-refractivity contribution in [2.45, 2.75) is 56.4 Å². The van der Waals surface area contributed by atoms with Crippen molar-refractivity contribution in [1.82, 2.24) is 0 Å². The summed E-state index contributed by atoms with van der Waals surface area (Å²) >= 11 is 0. The standard InChI is InChI=1S/C37H44O7/c1-5-22-39-32-33(40-23-6-2)36(44-27-30-18-20-31(38-4)21-19-30)37(43-26-29-16-12-9-13-17-29)34(41-24-7-3)35(32)42-25-28-14-10-8-11-15-28/h5-21,32-37H,1-3,22-27H2,4H3/t32-,33-,34-,35-,36+,37+/m0/s1. The van der Waals surface area contributed by atoms with E-state index < -0.39 is 36.6 Å². The van der Waals surface area contributed by atoms with Crippen molar-refractivity contribution in [3.8, 4) is 5.75 Å². The minimum Gasteiger partial charge on any atom is -0.497 e. The fourth-order valence-corrected chi connectivity index (χ4v) is 5.24. The molecule has 0 N–H and O–H groups in total. The summed E-state index contributed by atoms with van der Waals surface area (Å²) in [7, 11) is 1.65. The van der Waals surface area contributed by atoms with Crippen molar-refractivity contribution >= 4 is 0 Å². The molecular weight excluding hydrogens is 556 g/mol. The molecule has 1 aliphatic rings. The Bertz CT molecular complexity index is 1250. The molecule has 0 saturated heterocycles. The molecule has 3 aromatic rings. The zero-order chi connectivity index (χ0) is 31.0. The second-order valence-corrected chi connectivity index (χ2v) is 10.4. The Labute approximate surface area is 261 Å². The molecule has 0 unspecified atom stereocenters. The van der Waals surface area contributed by atoms with Crippen LogP contribution in [-0.4, -0.2) is 63.6 Å². The smallest absolute Gasteiger partial charge is 0.118 e. The zero-order valence-electron chi connectivity index (χ0n) is 25.5. The van der Waals surface area contributed by atoms with E-state index >= 15 is 0 Å². The highest BCUT2D eigenvalue weighted by Crippen LogP contribution is 2.35. The van der Waals surface area contributed by atoms with E-state index in [2.05, 4.69) is 19.7 Å². The van der Waals surface area contributed by atoms with Gasteiger partial charge in [-0.25, -0.2) is 0 Å². The van der Waals surface area contributed by atoms with Gasteiger partial charge in [0.15, 0.2) is 0 Å². The minimum absolute atomic E-state index is 0.288. The topological polar surface area (TPSA) is 64.6 Å². The SMILES string of the molecule is C=CCO[C@H]1[C@H](OCC=C)[C@@H](OCc2ccc(OC)cc2)[C@H](OCc2ccccc2)[C@@H](OCC=C)[C@H]1OCc1ccccc1. The average molecular weight is 601 g/mol. The molecule has 0 amide bonds. The first kappa shape index (κ1) is 33.3. The summed E-state index contributed by atoms with van der Waals surface area (Å²) in [5.41, 5.74) is 3.03. The van der Waals surface area contributed by atoms with Crippen LogP contribution in [0, 0.1) is 0 Å². The van der Waals surface area contributed by atoms with Gasteiger partial charge in [0.05, 0.1) is 46.8 Å². The van der Waals surface area contributed by atoms with E-state index in [4.69, 9.17) is 33.2 Å². The maximum Gasteiger partial charge on any atom is 0.118 e. The third kappa shape index (κ3) is 9.47. The predicted octanol–water partition coefficient (Wildman–Crippen LogP) is 6.48. The maximum absolute atomic E-state index is 6.70. The van der Waals surface area contributed by atoms with Crippen LogP contribution < -0.4 is 4.74 Å². The highest BCUT2D eigenvalue weighted by molar-refractivity contribution is 5.26. The molecule has 234 valence electrons. The highest BCUT2D eigenvalue weighted by Gasteiger charge is 2.54. The quantitative estimate of drug-likeness (QED) is 0.146. The van der Waals surface area contributed by atoms with Crippen LogP contribution in [0.2, 0.25) is 0 Å². The summed E-state index contributed by atoms with van der Waals surface area (Å²) in [6.07, 6.45) is 1.71. The van der Waals surface area contributed by atoms with Crippen LogP contribution >= 0.6 is 0 Å². The summed E-state index contributed by atoms with van der Waals surface area (Å²) in [5.74, 6) is 0.775. The van der Waals surface area contributed by atoms with E-state index in [9.17, 15) is 0 Å². The molecule has 0 radical (unpaired) electrons. The summed E-state index contributed by atoms with van der Waals surface area (Å²) in [6, 6.07) is 27.8. The van der Waals surface area contributed by atoms with Crippen LogP contribution in [0.15, 0.2) is 123 Å². The van der Waals surface area contributed by atoms with Gasteiger partial charge in [-0.15, -0.1) is 19.7 Å². The maximum atomic E-state index is 6.70. The average Bonchev–Trinajstić information content (AvgIpc) is 3.07. The van der Waals surface area contributed by atoms with Crippen LogP contribution in [0.3, 0.4) is 0 Å². The van der Waals surface area contributed by atoms with Crippen molar-refractivity contribution in [2.75, 3.05) is 26.9 Å². The lowest BCUT2D eigenvalue weighted by Crippen LogP contribution is -2.67. The summed E-state index contributed by atoms with van der Waals surface area (Å²) in [5, 5.41) is 0. The van der Waals surface area contributed by atoms with Gasteiger partial charge in [-0.05, 0) is 28.8 Å². The first-order valence-corrected chi connectivity index (χ1v) is 14.9. The summed E-state index contributed by atoms with van der Waals surface area (Å²) in [4.78, 5) is 0. The Morgan fingerprint density at radius 1 is 0.455 bits per heavy atom. The Hall–Kier alpha value is -3.56. The number of hydrogen-bond acceptors (Lipinski definition) is 7. The van der Waals surface area contributed by atoms with Crippen LogP contribution in [-0.2, 0) is 48.2 Å². The van der Waals surface area contributed by atoms with Crippen molar-refractivity contribution in [3.05, 3.63) is 140 Å². The molecule has 44 heavy (non-hydrogen) atoms. The molecule has 7 nitrogen and oxygen atoms in total. The molecule has 1 saturated carbocycles. The van der Waals surface area contributed by atoms with Gasteiger partial charge in [-0.2, -0.15) is 0 Å². The molecule has 4 rings (SSSR count). The van der Waals surface area contributed by atoms with Crippen molar-refractivity contribution in [1.29, 1.82) is 0 Å². The lowest BCUT2D eigenvalue weighted by atomic mass is 9.83. The molecular formula is C37H44O7. The molecule has 1 fully saturated rings. The predicted molar refractivity (Wildman–Crippen MR) is 171 cm³/mol. The first-order chi connectivity index (χ1) is 21.7. The van der Waals surface area contributed by atoms with Crippen LogP contribution in [0.4, 0.5) is 0 Å². The third-order valence-corrected chi connectivity index (χ3v) is 7.33. The number of rotatable bonds is 19. The fourth-order valence-electron chi connectivity index (χ4n) is 5.24. The van der Waals surface area contributed by atoms with Crippen LogP contribution in [0.25, 0.3) is 0 Å². The van der Waals surface area contributed by atoms with Gasteiger partial charge in [-0.1, -0.05) is 91.0 Å².